The Hall–Kier alpha value is -3.03. The highest BCUT2D eigenvalue weighted by atomic mass is 16.5. The van der Waals surface area contributed by atoms with Gasteiger partial charge in [0.15, 0.2) is 17.6 Å². The van der Waals surface area contributed by atoms with Gasteiger partial charge in [-0.3, -0.25) is 9.59 Å². The minimum Gasteiger partial charge on any atom is -0.448 e. The highest BCUT2D eigenvalue weighted by Gasteiger charge is 2.22. The van der Waals surface area contributed by atoms with E-state index in [2.05, 4.69) is 20.7 Å². The van der Waals surface area contributed by atoms with Crippen molar-refractivity contribution in [2.45, 2.75) is 26.9 Å². The first-order chi connectivity index (χ1) is 10.9. The van der Waals surface area contributed by atoms with E-state index in [1.54, 1.807) is 31.2 Å². The molecule has 1 aromatic heterocycles. The molecule has 2 N–H and O–H groups in total. The van der Waals surface area contributed by atoms with Crippen molar-refractivity contribution in [3.63, 3.8) is 0 Å². The zero-order valence-electron chi connectivity index (χ0n) is 12.9. The number of amides is 1. The number of esters is 1. The number of H-pyrrole nitrogens is 1. The second-order valence-corrected chi connectivity index (χ2v) is 4.93. The number of anilines is 1. The fraction of sp³-hybridized carbons (Fsp3) is 0.267. The number of ether oxygens (including phenoxy) is 1. The number of Topliss-reactive ketones (excluding diaryl/α,β-unsaturated/α-hetero) is 1. The van der Waals surface area contributed by atoms with Crippen LogP contribution in [0.2, 0.25) is 0 Å². The fourth-order valence-electron chi connectivity index (χ4n) is 1.78. The molecule has 8 heteroatoms. The van der Waals surface area contributed by atoms with E-state index < -0.39 is 18.0 Å². The number of hydrogen-bond acceptors (Lipinski definition) is 6. The van der Waals surface area contributed by atoms with Gasteiger partial charge >= 0.3 is 5.97 Å². The van der Waals surface area contributed by atoms with Gasteiger partial charge in [-0.05, 0) is 45.0 Å². The molecule has 23 heavy (non-hydrogen) atoms. The van der Waals surface area contributed by atoms with Crippen LogP contribution < -0.4 is 5.32 Å². The third-order valence-corrected chi connectivity index (χ3v) is 3.13. The Bertz CT molecular complexity index is 736. The average Bonchev–Trinajstić information content (AvgIpc) is 2.93. The molecule has 0 saturated heterocycles. The summed E-state index contributed by atoms with van der Waals surface area (Å²) in [6.45, 7) is 4.51. The van der Waals surface area contributed by atoms with Crippen LogP contribution >= 0.6 is 0 Å². The van der Waals surface area contributed by atoms with Crippen LogP contribution in [-0.4, -0.2) is 39.2 Å². The molecule has 8 nitrogen and oxygen atoms in total. The molecule has 1 aromatic carbocycles. The Labute approximate surface area is 132 Å². The standard InChI is InChI=1S/C15H16N4O4/c1-8-13(18-19-17-8)15(22)23-10(3)14(21)16-12-6-4-11(5-7-12)9(2)20/h4-7,10H,1-3H3,(H,16,21)(H,17,18,19). The maximum Gasteiger partial charge on any atom is 0.361 e. The molecule has 0 saturated carbocycles. The summed E-state index contributed by atoms with van der Waals surface area (Å²) in [5, 5.41) is 12.3. The van der Waals surface area contributed by atoms with Gasteiger partial charge in [0, 0.05) is 11.3 Å². The third kappa shape index (κ3) is 4.00. The van der Waals surface area contributed by atoms with Crippen molar-refractivity contribution in [2.75, 3.05) is 5.32 Å². The quantitative estimate of drug-likeness (QED) is 0.638. The molecule has 0 aliphatic carbocycles. The summed E-state index contributed by atoms with van der Waals surface area (Å²) >= 11 is 0. The third-order valence-electron chi connectivity index (χ3n) is 3.13. The first-order valence-electron chi connectivity index (χ1n) is 6.88. The van der Waals surface area contributed by atoms with Gasteiger partial charge in [-0.2, -0.15) is 10.3 Å². The molecule has 2 rings (SSSR count). The Morgan fingerprint density at radius 3 is 2.35 bits per heavy atom. The zero-order valence-corrected chi connectivity index (χ0v) is 12.9. The van der Waals surface area contributed by atoms with E-state index in [0.29, 0.717) is 16.9 Å². The molecule has 0 radical (unpaired) electrons. The van der Waals surface area contributed by atoms with Gasteiger partial charge in [-0.15, -0.1) is 5.10 Å². The predicted molar refractivity (Wildman–Crippen MR) is 81.1 cm³/mol. The molecule has 0 bridgehead atoms. The van der Waals surface area contributed by atoms with Gasteiger partial charge in [-0.25, -0.2) is 4.79 Å². The molecular weight excluding hydrogens is 300 g/mol. The predicted octanol–water partition coefficient (Wildman–Crippen LogP) is 1.50. The number of aryl methyl sites for hydroxylation is 1. The van der Waals surface area contributed by atoms with E-state index in [1.807, 2.05) is 0 Å². The maximum atomic E-state index is 12.0. The lowest BCUT2D eigenvalue weighted by Gasteiger charge is -2.13. The second kappa shape index (κ2) is 6.82. The van der Waals surface area contributed by atoms with Gasteiger partial charge in [0.05, 0.1) is 5.69 Å². The molecule has 2 aromatic rings. The number of carbonyl (C=O) groups excluding carboxylic acids is 3. The second-order valence-electron chi connectivity index (χ2n) is 4.93. The van der Waals surface area contributed by atoms with Crippen molar-refractivity contribution in [1.29, 1.82) is 0 Å². The summed E-state index contributed by atoms with van der Waals surface area (Å²) in [6.07, 6.45) is -1.01. The topological polar surface area (TPSA) is 114 Å². The molecule has 0 fully saturated rings. The lowest BCUT2D eigenvalue weighted by Crippen LogP contribution is -2.30. The lowest BCUT2D eigenvalue weighted by molar-refractivity contribution is -0.123. The summed E-state index contributed by atoms with van der Waals surface area (Å²) < 4.78 is 5.04. The van der Waals surface area contributed by atoms with Crippen LogP contribution in [-0.2, 0) is 9.53 Å². The number of rotatable bonds is 5. The Morgan fingerprint density at radius 1 is 1.17 bits per heavy atom. The van der Waals surface area contributed by atoms with Gasteiger partial charge in [-0.1, -0.05) is 0 Å². The Morgan fingerprint density at radius 2 is 1.83 bits per heavy atom. The van der Waals surface area contributed by atoms with E-state index in [9.17, 15) is 14.4 Å². The Balaban J connectivity index is 1.96. The molecule has 0 aliphatic heterocycles. The normalized spacial score (nSPS) is 11.6. The first-order valence-corrected chi connectivity index (χ1v) is 6.88. The van der Waals surface area contributed by atoms with Crippen molar-refractivity contribution < 1.29 is 19.1 Å². The number of aromatic nitrogens is 3. The molecule has 1 amide bonds. The van der Waals surface area contributed by atoms with Crippen molar-refractivity contribution in [3.05, 3.63) is 41.2 Å². The Kier molecular flexibility index (Phi) is 4.85. The van der Waals surface area contributed by atoms with Crippen molar-refractivity contribution >= 4 is 23.3 Å². The van der Waals surface area contributed by atoms with Gasteiger partial charge < -0.3 is 10.1 Å². The summed E-state index contributed by atoms with van der Waals surface area (Å²) in [4.78, 5) is 35.1. The fourth-order valence-corrected chi connectivity index (χ4v) is 1.78. The number of ketones is 1. The SMILES string of the molecule is CC(=O)c1ccc(NC(=O)C(C)OC(=O)c2n[nH]nc2C)cc1. The van der Waals surface area contributed by atoms with Crippen LogP contribution in [0.1, 0.15) is 40.4 Å². The smallest absolute Gasteiger partial charge is 0.361 e. The van der Waals surface area contributed by atoms with Crippen LogP contribution in [0, 0.1) is 6.92 Å². The summed E-state index contributed by atoms with van der Waals surface area (Å²) in [7, 11) is 0. The van der Waals surface area contributed by atoms with Crippen LogP contribution in [0.25, 0.3) is 0 Å². The van der Waals surface area contributed by atoms with Crippen LogP contribution in [0.5, 0.6) is 0 Å². The van der Waals surface area contributed by atoms with Crippen LogP contribution in [0.15, 0.2) is 24.3 Å². The number of benzene rings is 1. The van der Waals surface area contributed by atoms with E-state index in [0.717, 1.165) is 0 Å². The van der Waals surface area contributed by atoms with E-state index in [4.69, 9.17) is 4.74 Å². The molecule has 0 spiro atoms. The molecule has 1 unspecified atom stereocenters. The largest absolute Gasteiger partial charge is 0.448 e. The molecule has 0 aliphatic rings. The van der Waals surface area contributed by atoms with Crippen LogP contribution in [0.3, 0.4) is 0 Å². The van der Waals surface area contributed by atoms with Crippen molar-refractivity contribution in [2.24, 2.45) is 0 Å². The monoisotopic (exact) mass is 316 g/mol. The molecule has 120 valence electrons. The van der Waals surface area contributed by atoms with Gasteiger partial charge in [0.25, 0.3) is 5.91 Å². The lowest BCUT2D eigenvalue weighted by atomic mass is 10.1. The summed E-state index contributed by atoms with van der Waals surface area (Å²) in [6, 6.07) is 6.41. The van der Waals surface area contributed by atoms with Crippen LogP contribution in [0.4, 0.5) is 5.69 Å². The minimum atomic E-state index is -1.01. The summed E-state index contributed by atoms with van der Waals surface area (Å²) in [5.74, 6) is -1.28. The molecule has 1 heterocycles. The zero-order chi connectivity index (χ0) is 17.0. The van der Waals surface area contributed by atoms with Gasteiger partial charge in [0.1, 0.15) is 0 Å². The number of carbonyl (C=O) groups is 3. The van der Waals surface area contributed by atoms with E-state index in [1.165, 1.54) is 13.8 Å². The molecule has 1 atom stereocenters. The molecular formula is C15H16N4O4. The van der Waals surface area contributed by atoms with Crippen molar-refractivity contribution in [3.8, 4) is 0 Å². The highest BCUT2D eigenvalue weighted by molar-refractivity contribution is 5.98. The maximum absolute atomic E-state index is 12.0. The van der Waals surface area contributed by atoms with Crippen molar-refractivity contribution in [1.82, 2.24) is 15.4 Å². The van der Waals surface area contributed by atoms with Gasteiger partial charge in [0.2, 0.25) is 0 Å². The van der Waals surface area contributed by atoms with E-state index in [-0.39, 0.29) is 11.5 Å². The number of nitrogens with one attached hydrogen (secondary N) is 2. The number of nitrogens with zero attached hydrogens (tertiary/aromatic N) is 2. The van der Waals surface area contributed by atoms with E-state index >= 15 is 0 Å². The highest BCUT2D eigenvalue weighted by Crippen LogP contribution is 2.11. The minimum absolute atomic E-state index is 0.0375. The average molecular weight is 316 g/mol. The number of aromatic amines is 1. The number of hydrogen-bond donors (Lipinski definition) is 2. The first kappa shape index (κ1) is 16.3. The summed E-state index contributed by atoms with van der Waals surface area (Å²) in [5.41, 5.74) is 1.47.